The van der Waals surface area contributed by atoms with Crippen LogP contribution in [0.4, 0.5) is 0 Å². The zero-order valence-corrected chi connectivity index (χ0v) is 44.6. The molecule has 0 saturated heterocycles. The molecule has 0 radical (unpaired) electrons. The molecule has 0 heterocycles. The van der Waals surface area contributed by atoms with Gasteiger partial charge in [0.25, 0.3) is 0 Å². The van der Waals surface area contributed by atoms with Gasteiger partial charge in [-0.3, -0.25) is 19.2 Å². The minimum absolute atomic E-state index is 0.200. The van der Waals surface area contributed by atoms with Gasteiger partial charge in [-0.15, -0.1) is 0 Å². The van der Waals surface area contributed by atoms with Crippen LogP contribution in [0.15, 0.2) is 48.5 Å². The fraction of sp³-hybridized carbons (Fsp3) is 0.458. The van der Waals surface area contributed by atoms with E-state index in [9.17, 15) is 38.4 Å². The van der Waals surface area contributed by atoms with Gasteiger partial charge in [-0.25, -0.2) is 19.2 Å². The Morgan fingerprint density at radius 3 is 0.827 bits per heavy atom. The van der Waals surface area contributed by atoms with Crippen LogP contribution in [0.3, 0.4) is 0 Å². The van der Waals surface area contributed by atoms with E-state index in [2.05, 4.69) is 13.8 Å². The predicted octanol–water partition coefficient (Wildman–Crippen LogP) is 9.06. The first-order chi connectivity index (χ1) is 35.8. The average Bonchev–Trinajstić information content (AvgIpc) is 3.42. The van der Waals surface area contributed by atoms with Crippen molar-refractivity contribution in [1.29, 1.82) is 0 Å². The molecular formula is C59H68O16. The molecule has 0 unspecified atom stereocenters. The summed E-state index contributed by atoms with van der Waals surface area (Å²) in [5.74, 6) is -0.821. The quantitative estimate of drug-likeness (QED) is 0.0408. The molecule has 0 aliphatic heterocycles. The van der Waals surface area contributed by atoms with Crippen molar-refractivity contribution in [3.8, 4) is 23.0 Å². The average molecular weight is 1030 g/mol. The minimum atomic E-state index is -0.692. The van der Waals surface area contributed by atoms with Gasteiger partial charge in [0.1, 0.15) is 23.0 Å². The van der Waals surface area contributed by atoms with Crippen molar-refractivity contribution < 1.29 is 76.3 Å². The lowest BCUT2D eigenvalue weighted by molar-refractivity contribution is -0.143. The Kier molecular flexibility index (Phi) is 18.5. The summed E-state index contributed by atoms with van der Waals surface area (Å²) in [6, 6.07) is 15.2. The van der Waals surface area contributed by atoms with Gasteiger partial charge in [0, 0.05) is 10.8 Å². The standard InChI is InChI=1S/C59H68O16/c1-35-19-45(23-39(27-60)53(35)72-31-49(64)68-7)58(46-20-36(2)54(40(24-46)28-61)73-32-50(65)69-8)15-11-43(12-16-58)57(5,6)44-13-17-59(18-14-44,47-21-37(3)55(41(25-47)29-62)74-33-51(66)70-9)48-22-38(4)56(42(26-48)30-63)75-34-52(67)71-10/h19-30,43-44H,11-18,31-34H2,1-10H3. The first-order valence-electron chi connectivity index (χ1n) is 25.0. The zero-order chi connectivity index (χ0) is 54.8. The number of ether oxygens (including phenoxy) is 8. The maximum absolute atomic E-state index is 12.8. The van der Waals surface area contributed by atoms with Gasteiger partial charge < -0.3 is 37.9 Å². The lowest BCUT2D eigenvalue weighted by Gasteiger charge is -2.52. The van der Waals surface area contributed by atoms with E-state index in [0.29, 0.717) is 73.1 Å². The summed E-state index contributed by atoms with van der Waals surface area (Å²) in [5.41, 5.74) is 5.48. The number of carbonyl (C=O) groups is 8. The van der Waals surface area contributed by atoms with Crippen LogP contribution in [0.2, 0.25) is 0 Å². The number of benzene rings is 4. The molecule has 2 fully saturated rings. The molecule has 0 N–H and O–H groups in total. The first kappa shape index (κ1) is 56.9. The SMILES string of the molecule is COC(=O)COc1c(C)cc(C2(c3cc(C)c(OCC(=O)OC)c(C=O)c3)CCC(C(C)(C)C3CCC(c4cc(C)c(OCC(=O)OC)c(C=O)c4)(c4cc(C)c(OCC(=O)OC)c(C=O)c4)CC3)CC2)cc1C=O. The van der Waals surface area contributed by atoms with Crippen LogP contribution in [0.5, 0.6) is 23.0 Å². The molecule has 4 aromatic carbocycles. The number of aryl methyl sites for hydroxylation is 4. The Balaban J connectivity index is 1.38. The highest BCUT2D eigenvalue weighted by Crippen LogP contribution is 2.58. The number of hydrogen-bond donors (Lipinski definition) is 0. The van der Waals surface area contributed by atoms with E-state index in [1.807, 2.05) is 76.2 Å². The smallest absolute Gasteiger partial charge is 0.343 e. The van der Waals surface area contributed by atoms with Crippen LogP contribution >= 0.6 is 0 Å². The maximum atomic E-state index is 12.8. The van der Waals surface area contributed by atoms with Crippen LogP contribution in [0.25, 0.3) is 0 Å². The number of aldehydes is 4. The molecule has 16 heteroatoms. The second kappa shape index (κ2) is 24.3. The van der Waals surface area contributed by atoms with E-state index in [0.717, 1.165) is 47.9 Å². The number of esters is 4. The van der Waals surface area contributed by atoms with E-state index >= 15 is 0 Å². The number of rotatable bonds is 22. The van der Waals surface area contributed by atoms with Crippen LogP contribution < -0.4 is 18.9 Å². The normalized spacial score (nSPS) is 15.4. The van der Waals surface area contributed by atoms with Crippen molar-refractivity contribution >= 4 is 49.0 Å². The molecule has 4 aromatic rings. The molecule has 6 rings (SSSR count). The lowest BCUT2D eigenvalue weighted by Crippen LogP contribution is -2.43. The molecule has 0 bridgehead atoms. The third-order valence-electron chi connectivity index (χ3n) is 16.0. The van der Waals surface area contributed by atoms with E-state index in [4.69, 9.17) is 37.9 Å². The van der Waals surface area contributed by atoms with Gasteiger partial charge in [-0.2, -0.15) is 0 Å². The minimum Gasteiger partial charge on any atom is -0.481 e. The molecule has 16 nitrogen and oxygen atoms in total. The van der Waals surface area contributed by atoms with Crippen LogP contribution in [-0.4, -0.2) is 104 Å². The van der Waals surface area contributed by atoms with Crippen LogP contribution in [0, 0.1) is 44.9 Å². The van der Waals surface area contributed by atoms with E-state index < -0.39 is 34.7 Å². The van der Waals surface area contributed by atoms with Crippen molar-refractivity contribution in [3.63, 3.8) is 0 Å². The molecule has 2 aliphatic rings. The molecule has 75 heavy (non-hydrogen) atoms. The number of methoxy groups -OCH3 is 4. The molecular weight excluding hydrogens is 965 g/mol. The zero-order valence-electron chi connectivity index (χ0n) is 44.6. The largest absolute Gasteiger partial charge is 0.481 e. The van der Waals surface area contributed by atoms with Crippen molar-refractivity contribution in [3.05, 3.63) is 115 Å². The van der Waals surface area contributed by atoms with Crippen LogP contribution in [0.1, 0.15) is 151 Å². The third-order valence-corrected chi connectivity index (χ3v) is 16.0. The fourth-order valence-electron chi connectivity index (χ4n) is 11.7. The highest BCUT2D eigenvalue weighted by atomic mass is 16.6. The van der Waals surface area contributed by atoms with Crippen molar-refractivity contribution in [2.24, 2.45) is 17.3 Å². The summed E-state index contributed by atoms with van der Waals surface area (Å²) in [7, 11) is 5.03. The third kappa shape index (κ3) is 12.0. The van der Waals surface area contributed by atoms with Crippen molar-refractivity contribution in [2.75, 3.05) is 54.9 Å². The topological polar surface area (TPSA) is 210 Å². The lowest BCUT2D eigenvalue weighted by atomic mass is 9.53. The van der Waals surface area contributed by atoms with E-state index in [1.54, 1.807) is 0 Å². The van der Waals surface area contributed by atoms with Crippen LogP contribution in [-0.2, 0) is 49.0 Å². The van der Waals surface area contributed by atoms with Gasteiger partial charge >= 0.3 is 23.9 Å². The van der Waals surface area contributed by atoms with Gasteiger partial charge in [-0.05, 0) is 165 Å². The summed E-state index contributed by atoms with van der Waals surface area (Å²) < 4.78 is 42.4. The molecule has 400 valence electrons. The van der Waals surface area contributed by atoms with Gasteiger partial charge in [-0.1, -0.05) is 38.1 Å². The van der Waals surface area contributed by atoms with Gasteiger partial charge in [0.15, 0.2) is 51.6 Å². The van der Waals surface area contributed by atoms with E-state index in [-0.39, 0.29) is 88.9 Å². The summed E-state index contributed by atoms with van der Waals surface area (Å²) in [6.45, 7) is 10.4. The summed E-state index contributed by atoms with van der Waals surface area (Å²) in [6.07, 6.45) is 8.56. The summed E-state index contributed by atoms with van der Waals surface area (Å²) in [5, 5.41) is 0. The summed E-state index contributed by atoms with van der Waals surface area (Å²) in [4.78, 5) is 99.5. The molecule has 0 aromatic heterocycles. The Hall–Kier alpha value is -7.36. The Morgan fingerprint density at radius 2 is 0.640 bits per heavy atom. The molecule has 2 aliphatic carbocycles. The number of carbonyl (C=O) groups excluding carboxylic acids is 8. The second-order valence-electron chi connectivity index (χ2n) is 20.3. The molecule has 0 amide bonds. The highest BCUT2D eigenvalue weighted by Gasteiger charge is 2.49. The fourth-order valence-corrected chi connectivity index (χ4v) is 11.7. The Morgan fingerprint density at radius 1 is 0.427 bits per heavy atom. The predicted molar refractivity (Wildman–Crippen MR) is 276 cm³/mol. The molecule has 2 saturated carbocycles. The van der Waals surface area contributed by atoms with E-state index in [1.165, 1.54) is 28.4 Å². The summed E-state index contributed by atoms with van der Waals surface area (Å²) >= 11 is 0. The van der Waals surface area contributed by atoms with Gasteiger partial charge in [0.05, 0.1) is 50.7 Å². The highest BCUT2D eigenvalue weighted by molar-refractivity contribution is 5.85. The molecule has 0 spiro atoms. The molecule has 0 atom stereocenters. The first-order valence-corrected chi connectivity index (χ1v) is 25.0. The number of hydrogen-bond acceptors (Lipinski definition) is 16. The van der Waals surface area contributed by atoms with Gasteiger partial charge in [0.2, 0.25) is 0 Å². The Bertz CT molecular complexity index is 2470. The second-order valence-corrected chi connectivity index (χ2v) is 20.3. The Labute approximate surface area is 438 Å². The van der Waals surface area contributed by atoms with Crippen molar-refractivity contribution in [2.45, 2.75) is 104 Å². The monoisotopic (exact) mass is 1030 g/mol. The van der Waals surface area contributed by atoms with Crippen molar-refractivity contribution in [1.82, 2.24) is 0 Å². The maximum Gasteiger partial charge on any atom is 0.343 e.